The molecule has 15 heavy (non-hydrogen) atoms. The zero-order valence-electron chi connectivity index (χ0n) is 10.2. The minimum Gasteiger partial charge on any atom is -0.0931 e. The zero-order valence-corrected chi connectivity index (χ0v) is 10.2. The van der Waals surface area contributed by atoms with Crippen molar-refractivity contribution in [3.63, 3.8) is 0 Å². The van der Waals surface area contributed by atoms with Crippen molar-refractivity contribution in [1.82, 2.24) is 0 Å². The average Bonchev–Trinajstić information content (AvgIpc) is 2.15. The summed E-state index contributed by atoms with van der Waals surface area (Å²) in [6.07, 6.45) is 14.1. The molecule has 1 unspecified atom stereocenters. The highest BCUT2D eigenvalue weighted by Crippen LogP contribution is 2.63. The van der Waals surface area contributed by atoms with Crippen LogP contribution in [0.2, 0.25) is 5.82 Å². The summed E-state index contributed by atoms with van der Waals surface area (Å²) in [5.74, 6) is 4.13. The van der Waals surface area contributed by atoms with E-state index in [4.69, 9.17) is 0 Å². The molecular formula is C14H23B. The summed E-state index contributed by atoms with van der Waals surface area (Å²) >= 11 is 0. The molecule has 4 fully saturated rings. The third-order valence-electron chi connectivity index (χ3n) is 5.53. The van der Waals surface area contributed by atoms with Gasteiger partial charge in [-0.25, -0.2) is 0 Å². The van der Waals surface area contributed by atoms with Gasteiger partial charge in [0.2, 0.25) is 0 Å². The molecule has 0 aromatic heterocycles. The highest BCUT2D eigenvalue weighted by molar-refractivity contribution is 6.13. The molecular weight excluding hydrogens is 179 g/mol. The van der Waals surface area contributed by atoms with Crippen LogP contribution in [0.1, 0.15) is 45.4 Å². The van der Waals surface area contributed by atoms with Crippen LogP contribution in [0.15, 0.2) is 12.2 Å². The third-order valence-corrected chi connectivity index (χ3v) is 5.53. The summed E-state index contributed by atoms with van der Waals surface area (Å²) in [5.41, 5.74) is 0.723. The van der Waals surface area contributed by atoms with Crippen LogP contribution in [0.3, 0.4) is 0 Å². The van der Waals surface area contributed by atoms with Crippen molar-refractivity contribution in [2.24, 2.45) is 23.2 Å². The highest BCUT2D eigenvalue weighted by Gasteiger charge is 2.52. The predicted octanol–water partition coefficient (Wildman–Crippen LogP) is 3.20. The average molecular weight is 202 g/mol. The Morgan fingerprint density at radius 1 is 1.07 bits per heavy atom. The van der Waals surface area contributed by atoms with E-state index in [1.807, 2.05) is 0 Å². The van der Waals surface area contributed by atoms with Crippen LogP contribution in [-0.4, -0.2) is 7.85 Å². The van der Waals surface area contributed by atoms with Crippen molar-refractivity contribution in [2.75, 3.05) is 0 Å². The third kappa shape index (κ3) is 1.50. The molecule has 0 radical (unpaired) electrons. The van der Waals surface area contributed by atoms with E-state index in [1.165, 1.54) is 0 Å². The van der Waals surface area contributed by atoms with Gasteiger partial charge in [-0.15, -0.1) is 0 Å². The van der Waals surface area contributed by atoms with E-state index in [0.29, 0.717) is 0 Å². The van der Waals surface area contributed by atoms with Crippen LogP contribution in [-0.2, 0) is 0 Å². The van der Waals surface area contributed by atoms with Crippen molar-refractivity contribution >= 4 is 7.85 Å². The molecule has 0 aliphatic heterocycles. The maximum Gasteiger partial charge on any atom is 0.111 e. The molecule has 4 bridgehead atoms. The molecule has 0 N–H and O–H groups in total. The van der Waals surface area contributed by atoms with Crippen molar-refractivity contribution in [2.45, 2.75) is 51.3 Å². The van der Waals surface area contributed by atoms with Gasteiger partial charge in [0.25, 0.3) is 0 Å². The molecule has 0 saturated heterocycles. The van der Waals surface area contributed by atoms with Crippen LogP contribution in [0.4, 0.5) is 0 Å². The quantitative estimate of drug-likeness (QED) is 0.476. The molecule has 4 rings (SSSR count). The molecule has 1 atom stereocenters. The lowest BCUT2D eigenvalue weighted by Crippen LogP contribution is -2.47. The predicted molar refractivity (Wildman–Crippen MR) is 67.7 cm³/mol. The Bertz CT molecular complexity index is 244. The first-order chi connectivity index (χ1) is 7.22. The summed E-state index contributed by atoms with van der Waals surface area (Å²) < 4.78 is 0. The standard InChI is InChI=1S/C14H23B/c1-2-3-13(15)14-7-10-4-11(8-14)6-12(5-10)9-14/h2-3,10-13H,4-9,15H2,1H3. The summed E-state index contributed by atoms with van der Waals surface area (Å²) in [7, 11) is 2.47. The number of rotatable bonds is 2. The second-order valence-corrected chi connectivity index (χ2v) is 6.59. The van der Waals surface area contributed by atoms with Crippen LogP contribution in [0.5, 0.6) is 0 Å². The normalized spacial score (nSPS) is 50.1. The SMILES string of the molecule is BC(C=CC)C12CC3CC(CC(C3)C1)C2. The molecule has 82 valence electrons. The minimum atomic E-state index is 0.723. The molecule has 1 heteroatoms. The Labute approximate surface area is 94.9 Å². The van der Waals surface area contributed by atoms with Gasteiger partial charge in [-0.1, -0.05) is 12.2 Å². The maximum absolute atomic E-state index is 2.47. The number of allylic oxidation sites excluding steroid dienone is 2. The maximum atomic E-state index is 2.47. The van der Waals surface area contributed by atoms with Gasteiger partial charge < -0.3 is 0 Å². The van der Waals surface area contributed by atoms with Gasteiger partial charge in [0.05, 0.1) is 0 Å². The van der Waals surface area contributed by atoms with E-state index < -0.39 is 0 Å². The molecule has 0 amide bonds. The molecule has 4 aliphatic rings. The number of hydrogen-bond donors (Lipinski definition) is 0. The van der Waals surface area contributed by atoms with E-state index in [-0.39, 0.29) is 0 Å². The fraction of sp³-hybridized carbons (Fsp3) is 0.857. The van der Waals surface area contributed by atoms with Crippen molar-refractivity contribution in [3.8, 4) is 0 Å². The molecule has 0 spiro atoms. The Balaban J connectivity index is 1.86. The summed E-state index contributed by atoms with van der Waals surface area (Å²) in [6, 6.07) is 0. The molecule has 0 aromatic carbocycles. The fourth-order valence-corrected chi connectivity index (χ4v) is 5.23. The van der Waals surface area contributed by atoms with Crippen LogP contribution in [0, 0.1) is 23.2 Å². The summed E-state index contributed by atoms with van der Waals surface area (Å²) in [5, 5.41) is 0. The van der Waals surface area contributed by atoms with E-state index in [2.05, 4.69) is 26.9 Å². The first-order valence-corrected chi connectivity index (χ1v) is 6.84. The first kappa shape index (κ1) is 9.99. The van der Waals surface area contributed by atoms with Gasteiger partial charge >= 0.3 is 0 Å². The Morgan fingerprint density at radius 3 is 1.93 bits per heavy atom. The van der Waals surface area contributed by atoms with Gasteiger partial charge in [-0.3, -0.25) is 0 Å². The molecule has 0 heterocycles. The minimum absolute atomic E-state index is 0.723. The number of hydrogen-bond acceptors (Lipinski definition) is 0. The Kier molecular flexibility index (Phi) is 2.26. The molecule has 4 saturated carbocycles. The smallest absolute Gasteiger partial charge is 0.0931 e. The first-order valence-electron chi connectivity index (χ1n) is 6.84. The lowest BCUT2D eigenvalue weighted by Gasteiger charge is -2.59. The van der Waals surface area contributed by atoms with Crippen LogP contribution < -0.4 is 0 Å². The lowest BCUT2D eigenvalue weighted by atomic mass is 9.44. The fourth-order valence-electron chi connectivity index (χ4n) is 5.23. The molecule has 0 aromatic rings. The summed E-state index contributed by atoms with van der Waals surface area (Å²) in [4.78, 5) is 0. The van der Waals surface area contributed by atoms with E-state index in [0.717, 1.165) is 29.0 Å². The van der Waals surface area contributed by atoms with Gasteiger partial charge in [0, 0.05) is 0 Å². The summed E-state index contributed by atoms with van der Waals surface area (Å²) in [6.45, 7) is 2.18. The van der Waals surface area contributed by atoms with Gasteiger partial charge in [-0.05, 0) is 74.4 Å². The van der Waals surface area contributed by atoms with E-state index in [9.17, 15) is 0 Å². The van der Waals surface area contributed by atoms with Crippen LogP contribution in [0.25, 0.3) is 0 Å². The van der Waals surface area contributed by atoms with Crippen molar-refractivity contribution in [3.05, 3.63) is 12.2 Å². The van der Waals surface area contributed by atoms with Crippen molar-refractivity contribution in [1.29, 1.82) is 0 Å². The van der Waals surface area contributed by atoms with E-state index in [1.54, 1.807) is 38.5 Å². The Hall–Kier alpha value is -0.195. The lowest BCUT2D eigenvalue weighted by molar-refractivity contribution is -0.0500. The van der Waals surface area contributed by atoms with Crippen LogP contribution >= 0.6 is 0 Å². The molecule has 0 nitrogen and oxygen atoms in total. The monoisotopic (exact) mass is 202 g/mol. The zero-order chi connectivity index (χ0) is 10.5. The van der Waals surface area contributed by atoms with Gasteiger partial charge in [0.1, 0.15) is 7.85 Å². The second-order valence-electron chi connectivity index (χ2n) is 6.59. The van der Waals surface area contributed by atoms with Gasteiger partial charge in [-0.2, -0.15) is 0 Å². The largest absolute Gasteiger partial charge is 0.111 e. The van der Waals surface area contributed by atoms with Crippen molar-refractivity contribution < 1.29 is 0 Å². The Morgan fingerprint density at radius 2 is 1.53 bits per heavy atom. The highest BCUT2D eigenvalue weighted by atomic mass is 14.6. The second kappa shape index (κ2) is 3.40. The molecule has 4 aliphatic carbocycles. The van der Waals surface area contributed by atoms with Gasteiger partial charge in [0.15, 0.2) is 0 Å². The topological polar surface area (TPSA) is 0 Å². The van der Waals surface area contributed by atoms with E-state index >= 15 is 0 Å².